The highest BCUT2D eigenvalue weighted by Gasteiger charge is 2.24. The maximum Gasteiger partial charge on any atom is 0.305 e. The highest BCUT2D eigenvalue weighted by Crippen LogP contribution is 2.33. The number of aromatic nitrogens is 2. The number of rotatable bonds is 6. The van der Waals surface area contributed by atoms with Crippen LogP contribution in [0.15, 0.2) is 24.3 Å². The van der Waals surface area contributed by atoms with Crippen molar-refractivity contribution in [3.63, 3.8) is 0 Å². The van der Waals surface area contributed by atoms with Crippen LogP contribution in [0.25, 0.3) is 11.0 Å². The first kappa shape index (κ1) is 17.5. The molecule has 0 atom stereocenters. The summed E-state index contributed by atoms with van der Waals surface area (Å²) in [4.78, 5) is 29.6. The molecule has 0 radical (unpaired) electrons. The SMILES string of the molecule is CN(CCC(=O)O)C(=O)Cn1c(C2CCCCC2)nc2ccccc21. The highest BCUT2D eigenvalue weighted by atomic mass is 16.4. The summed E-state index contributed by atoms with van der Waals surface area (Å²) < 4.78 is 2.03. The first-order chi connectivity index (χ1) is 12.1. The van der Waals surface area contributed by atoms with Gasteiger partial charge in [-0.25, -0.2) is 4.98 Å². The van der Waals surface area contributed by atoms with E-state index in [4.69, 9.17) is 10.1 Å². The second-order valence-corrected chi connectivity index (χ2v) is 6.84. The molecule has 0 aliphatic heterocycles. The van der Waals surface area contributed by atoms with Crippen molar-refractivity contribution in [3.8, 4) is 0 Å². The number of carboxylic acid groups (broad SMARTS) is 1. The second kappa shape index (κ2) is 7.68. The topological polar surface area (TPSA) is 75.4 Å². The number of nitrogens with zero attached hydrogens (tertiary/aromatic N) is 3. The van der Waals surface area contributed by atoms with Crippen LogP contribution in [0.2, 0.25) is 0 Å². The molecular formula is C19H25N3O3. The Labute approximate surface area is 147 Å². The molecule has 1 saturated carbocycles. The van der Waals surface area contributed by atoms with Gasteiger partial charge < -0.3 is 14.6 Å². The van der Waals surface area contributed by atoms with Crippen LogP contribution in [0, 0.1) is 0 Å². The number of likely N-dealkylation sites (N-methyl/N-ethyl adjacent to an activating group) is 1. The standard InChI is InChI=1S/C19H25N3O3/c1-21(12-11-18(24)25)17(23)13-22-16-10-6-5-9-15(16)20-19(22)14-7-3-2-4-8-14/h5-6,9-10,14H,2-4,7-8,11-13H2,1H3,(H,24,25). The summed E-state index contributed by atoms with van der Waals surface area (Å²) in [6.45, 7) is 0.433. The van der Waals surface area contributed by atoms with Crippen LogP contribution in [-0.4, -0.2) is 45.0 Å². The van der Waals surface area contributed by atoms with E-state index in [1.807, 2.05) is 28.8 Å². The van der Waals surface area contributed by atoms with Gasteiger partial charge in [0.15, 0.2) is 0 Å². The number of carbonyl (C=O) groups excluding carboxylic acids is 1. The van der Waals surface area contributed by atoms with Crippen molar-refractivity contribution in [2.45, 2.75) is 51.0 Å². The molecule has 1 N–H and O–H groups in total. The van der Waals surface area contributed by atoms with Crippen molar-refractivity contribution >= 4 is 22.9 Å². The summed E-state index contributed by atoms with van der Waals surface area (Å²) in [6.07, 6.45) is 5.88. The third-order valence-corrected chi connectivity index (χ3v) is 5.03. The van der Waals surface area contributed by atoms with Gasteiger partial charge in [-0.15, -0.1) is 0 Å². The lowest BCUT2D eigenvalue weighted by Gasteiger charge is -2.23. The number of hydrogen-bond acceptors (Lipinski definition) is 3. The van der Waals surface area contributed by atoms with Crippen molar-refractivity contribution in [1.29, 1.82) is 0 Å². The van der Waals surface area contributed by atoms with Crippen LogP contribution >= 0.6 is 0 Å². The molecule has 134 valence electrons. The molecule has 1 amide bonds. The maximum atomic E-state index is 12.6. The molecule has 0 unspecified atom stereocenters. The Morgan fingerprint density at radius 2 is 1.96 bits per heavy atom. The molecular weight excluding hydrogens is 318 g/mol. The van der Waals surface area contributed by atoms with Crippen molar-refractivity contribution in [2.24, 2.45) is 0 Å². The predicted molar refractivity (Wildman–Crippen MR) is 95.4 cm³/mol. The van der Waals surface area contributed by atoms with Gasteiger partial charge in [0, 0.05) is 19.5 Å². The summed E-state index contributed by atoms with van der Waals surface area (Å²) in [5.74, 6) is 0.427. The van der Waals surface area contributed by atoms with E-state index >= 15 is 0 Å². The number of amides is 1. The number of fused-ring (bicyclic) bond motifs is 1. The van der Waals surface area contributed by atoms with Crippen molar-refractivity contribution < 1.29 is 14.7 Å². The van der Waals surface area contributed by atoms with E-state index in [1.54, 1.807) is 7.05 Å². The molecule has 1 fully saturated rings. The van der Waals surface area contributed by atoms with E-state index in [9.17, 15) is 9.59 Å². The summed E-state index contributed by atoms with van der Waals surface area (Å²) in [5, 5.41) is 8.80. The fraction of sp³-hybridized carbons (Fsp3) is 0.526. The van der Waals surface area contributed by atoms with E-state index in [-0.39, 0.29) is 25.4 Å². The van der Waals surface area contributed by atoms with Gasteiger partial charge in [0.1, 0.15) is 12.4 Å². The molecule has 1 aliphatic rings. The Morgan fingerprint density at radius 1 is 1.24 bits per heavy atom. The summed E-state index contributed by atoms with van der Waals surface area (Å²) >= 11 is 0. The maximum absolute atomic E-state index is 12.6. The molecule has 2 aromatic rings. The van der Waals surface area contributed by atoms with Gasteiger partial charge in [-0.3, -0.25) is 9.59 Å². The smallest absolute Gasteiger partial charge is 0.305 e. The molecule has 3 rings (SSSR count). The minimum Gasteiger partial charge on any atom is -0.481 e. The molecule has 1 aromatic carbocycles. The fourth-order valence-corrected chi connectivity index (χ4v) is 3.58. The summed E-state index contributed by atoms with van der Waals surface area (Å²) in [6, 6.07) is 7.91. The van der Waals surface area contributed by atoms with E-state index in [2.05, 4.69) is 0 Å². The van der Waals surface area contributed by atoms with Crippen molar-refractivity contribution in [1.82, 2.24) is 14.5 Å². The van der Waals surface area contributed by atoms with Gasteiger partial charge in [-0.2, -0.15) is 0 Å². The number of carbonyl (C=O) groups is 2. The second-order valence-electron chi connectivity index (χ2n) is 6.84. The summed E-state index contributed by atoms with van der Waals surface area (Å²) in [7, 11) is 1.66. The number of benzene rings is 1. The van der Waals surface area contributed by atoms with Crippen LogP contribution in [-0.2, 0) is 16.1 Å². The van der Waals surface area contributed by atoms with Gasteiger partial charge in [-0.05, 0) is 25.0 Å². The first-order valence-electron chi connectivity index (χ1n) is 8.97. The van der Waals surface area contributed by atoms with Gasteiger partial charge in [-0.1, -0.05) is 31.4 Å². The van der Waals surface area contributed by atoms with E-state index in [0.29, 0.717) is 5.92 Å². The van der Waals surface area contributed by atoms with Crippen molar-refractivity contribution in [2.75, 3.05) is 13.6 Å². The quantitative estimate of drug-likeness (QED) is 0.875. The van der Waals surface area contributed by atoms with E-state index in [0.717, 1.165) is 29.7 Å². The van der Waals surface area contributed by atoms with E-state index in [1.165, 1.54) is 24.2 Å². The minimum atomic E-state index is -0.893. The monoisotopic (exact) mass is 343 g/mol. The minimum absolute atomic E-state index is 0.0393. The van der Waals surface area contributed by atoms with Crippen LogP contribution in [0.5, 0.6) is 0 Å². The average molecular weight is 343 g/mol. The number of carboxylic acids is 1. The average Bonchev–Trinajstić information content (AvgIpc) is 2.99. The third-order valence-electron chi connectivity index (χ3n) is 5.03. The lowest BCUT2D eigenvalue weighted by atomic mass is 9.88. The predicted octanol–water partition coefficient (Wildman–Crippen LogP) is 3.02. The number of para-hydroxylation sites is 2. The Kier molecular flexibility index (Phi) is 5.36. The Hall–Kier alpha value is -2.37. The van der Waals surface area contributed by atoms with Gasteiger partial charge >= 0.3 is 5.97 Å². The lowest BCUT2D eigenvalue weighted by Crippen LogP contribution is -2.32. The van der Waals surface area contributed by atoms with Crippen LogP contribution in [0.1, 0.15) is 50.3 Å². The molecule has 25 heavy (non-hydrogen) atoms. The fourth-order valence-electron chi connectivity index (χ4n) is 3.58. The third kappa shape index (κ3) is 4.00. The normalized spacial score (nSPS) is 15.4. The molecule has 0 bridgehead atoms. The van der Waals surface area contributed by atoms with E-state index < -0.39 is 5.97 Å². The van der Waals surface area contributed by atoms with Gasteiger partial charge in [0.25, 0.3) is 0 Å². The zero-order chi connectivity index (χ0) is 17.8. The van der Waals surface area contributed by atoms with Gasteiger partial charge in [0.05, 0.1) is 17.5 Å². The molecule has 1 aromatic heterocycles. The Bertz CT molecular complexity index is 762. The van der Waals surface area contributed by atoms with Crippen molar-refractivity contribution in [3.05, 3.63) is 30.1 Å². The lowest BCUT2D eigenvalue weighted by molar-refractivity contribution is -0.138. The molecule has 6 nitrogen and oxygen atoms in total. The molecule has 0 spiro atoms. The molecule has 1 heterocycles. The zero-order valence-corrected chi connectivity index (χ0v) is 14.6. The zero-order valence-electron chi connectivity index (χ0n) is 14.6. The molecule has 1 aliphatic carbocycles. The van der Waals surface area contributed by atoms with Crippen LogP contribution < -0.4 is 0 Å². The number of imidazole rings is 1. The molecule has 0 saturated heterocycles. The Balaban J connectivity index is 1.85. The molecule has 6 heteroatoms. The largest absolute Gasteiger partial charge is 0.481 e. The van der Waals surface area contributed by atoms with Gasteiger partial charge in [0.2, 0.25) is 5.91 Å². The van der Waals surface area contributed by atoms with Crippen LogP contribution in [0.4, 0.5) is 0 Å². The summed E-state index contributed by atoms with van der Waals surface area (Å²) in [5.41, 5.74) is 1.90. The number of aliphatic carboxylic acids is 1. The highest BCUT2D eigenvalue weighted by molar-refractivity contribution is 5.81. The van der Waals surface area contributed by atoms with Crippen LogP contribution in [0.3, 0.4) is 0 Å². The number of hydrogen-bond donors (Lipinski definition) is 1. The Morgan fingerprint density at radius 3 is 2.68 bits per heavy atom. The first-order valence-corrected chi connectivity index (χ1v) is 8.97.